The van der Waals surface area contributed by atoms with E-state index in [0.717, 1.165) is 0 Å². The highest BCUT2D eigenvalue weighted by Crippen LogP contribution is 2.09. The van der Waals surface area contributed by atoms with E-state index in [1.165, 1.54) is 78.5 Å². The van der Waals surface area contributed by atoms with Crippen LogP contribution in [0.25, 0.3) is 0 Å². The molecule has 0 aromatic rings. The highest BCUT2D eigenvalue weighted by atomic mass is 15.3. The van der Waals surface area contributed by atoms with Crippen molar-refractivity contribution < 1.29 is 0 Å². The topological polar surface area (TPSA) is 16.2 Å². The summed E-state index contributed by atoms with van der Waals surface area (Å²) in [5, 5.41) is 0. The molecule has 0 saturated carbocycles. The van der Waals surface area contributed by atoms with Crippen molar-refractivity contribution in [2.24, 2.45) is 0 Å². The summed E-state index contributed by atoms with van der Waals surface area (Å²) in [7, 11) is 0. The molecule has 0 spiro atoms. The van der Waals surface area contributed by atoms with E-state index in [4.69, 9.17) is 0 Å². The summed E-state index contributed by atoms with van der Waals surface area (Å²) in [6.45, 7) is 28.7. The number of rotatable bonds is 9. The number of piperazine rings is 2. The zero-order valence-corrected chi connectivity index (χ0v) is 18.5. The quantitative estimate of drug-likeness (QED) is 0.615. The van der Waals surface area contributed by atoms with Crippen molar-refractivity contribution >= 4 is 0 Å². The van der Waals surface area contributed by atoms with Gasteiger partial charge in [0.1, 0.15) is 0 Å². The van der Waals surface area contributed by atoms with Gasteiger partial charge in [0.25, 0.3) is 0 Å². The summed E-state index contributed by atoms with van der Waals surface area (Å²) in [4.78, 5) is 13.2. The van der Waals surface area contributed by atoms with E-state index in [0.29, 0.717) is 18.1 Å². The minimum Gasteiger partial charge on any atom is -0.300 e. The average molecular weight is 368 g/mol. The smallest absolute Gasteiger partial charge is 0.0113 e. The van der Waals surface area contributed by atoms with E-state index in [1.54, 1.807) is 0 Å². The van der Waals surface area contributed by atoms with Crippen molar-refractivity contribution in [3.63, 3.8) is 0 Å². The van der Waals surface area contributed by atoms with Crippen LogP contribution in [0, 0.1) is 0 Å². The van der Waals surface area contributed by atoms with Gasteiger partial charge in [0, 0.05) is 96.7 Å². The largest absolute Gasteiger partial charge is 0.300 e. The molecule has 2 fully saturated rings. The third-order valence-electron chi connectivity index (χ3n) is 6.41. The van der Waals surface area contributed by atoms with Gasteiger partial charge in [-0.15, -0.1) is 0 Å². The summed E-state index contributed by atoms with van der Waals surface area (Å²) in [6.07, 6.45) is 0. The Bertz CT molecular complexity index is 337. The van der Waals surface area contributed by atoms with Crippen LogP contribution in [0.1, 0.15) is 41.5 Å². The van der Waals surface area contributed by atoms with Gasteiger partial charge >= 0.3 is 0 Å². The average Bonchev–Trinajstić information content (AvgIpc) is 2.62. The van der Waals surface area contributed by atoms with E-state index in [9.17, 15) is 0 Å². The fraction of sp³-hybridized carbons (Fsp3) is 1.00. The summed E-state index contributed by atoms with van der Waals surface area (Å²) in [6, 6.07) is 2.03. The lowest BCUT2D eigenvalue weighted by Crippen LogP contribution is -2.52. The molecule has 26 heavy (non-hydrogen) atoms. The Balaban J connectivity index is 1.66. The molecule has 0 aromatic heterocycles. The number of hydrogen-bond acceptors (Lipinski definition) is 5. The zero-order chi connectivity index (χ0) is 19.1. The summed E-state index contributed by atoms with van der Waals surface area (Å²) < 4.78 is 0. The lowest BCUT2D eigenvalue weighted by atomic mass is 10.2. The third-order valence-corrected chi connectivity index (χ3v) is 6.41. The van der Waals surface area contributed by atoms with Crippen LogP contribution in [0.3, 0.4) is 0 Å². The normalized spacial score (nSPS) is 22.4. The maximum atomic E-state index is 2.68. The van der Waals surface area contributed by atoms with Crippen molar-refractivity contribution in [1.82, 2.24) is 24.5 Å². The molecule has 0 atom stereocenters. The fourth-order valence-corrected chi connectivity index (χ4v) is 4.17. The summed E-state index contributed by atoms with van der Waals surface area (Å²) >= 11 is 0. The second-order valence-corrected chi connectivity index (χ2v) is 9.07. The second kappa shape index (κ2) is 11.0. The van der Waals surface area contributed by atoms with Crippen molar-refractivity contribution in [2.45, 2.75) is 59.7 Å². The Labute approximate surface area is 163 Å². The van der Waals surface area contributed by atoms with Gasteiger partial charge in [-0.1, -0.05) is 0 Å². The predicted octanol–water partition coefficient (Wildman–Crippen LogP) is 1.75. The highest BCUT2D eigenvalue weighted by Gasteiger charge is 2.21. The van der Waals surface area contributed by atoms with E-state index in [-0.39, 0.29) is 0 Å². The Hall–Kier alpha value is -0.200. The van der Waals surface area contributed by atoms with E-state index < -0.39 is 0 Å². The Kier molecular flexibility index (Phi) is 9.31. The summed E-state index contributed by atoms with van der Waals surface area (Å²) in [5.74, 6) is 0. The minimum atomic E-state index is 0.643. The van der Waals surface area contributed by atoms with Crippen LogP contribution in [0.4, 0.5) is 0 Å². The number of hydrogen-bond donors (Lipinski definition) is 0. The molecule has 2 aliphatic heterocycles. The van der Waals surface area contributed by atoms with Gasteiger partial charge in [-0.25, -0.2) is 0 Å². The van der Waals surface area contributed by atoms with Crippen LogP contribution in [0.5, 0.6) is 0 Å². The van der Waals surface area contributed by atoms with Crippen LogP contribution in [-0.4, -0.2) is 121 Å². The SMILES string of the molecule is CC(C)N1CCN(CCN(CCN2CCN(C(C)C)CC2)C(C)C)CC1. The molecule has 0 aliphatic carbocycles. The molecule has 0 unspecified atom stereocenters. The summed E-state index contributed by atoms with van der Waals surface area (Å²) in [5.41, 5.74) is 0. The highest BCUT2D eigenvalue weighted by molar-refractivity contribution is 4.78. The van der Waals surface area contributed by atoms with E-state index in [1.807, 2.05) is 0 Å². The van der Waals surface area contributed by atoms with E-state index in [2.05, 4.69) is 66.0 Å². The molecule has 5 heteroatoms. The van der Waals surface area contributed by atoms with Gasteiger partial charge in [-0.3, -0.25) is 24.5 Å². The van der Waals surface area contributed by atoms with Gasteiger partial charge in [0.15, 0.2) is 0 Å². The van der Waals surface area contributed by atoms with Crippen molar-refractivity contribution in [1.29, 1.82) is 0 Å². The molecule has 2 saturated heterocycles. The lowest BCUT2D eigenvalue weighted by Gasteiger charge is -2.39. The van der Waals surface area contributed by atoms with Crippen LogP contribution in [0.2, 0.25) is 0 Å². The standard InChI is InChI=1S/C21H45N5/c1-19(2)24(13-7-22-9-15-25(16-10-22)20(3)4)14-8-23-11-17-26(18-12-23)21(5)6/h19-21H,7-18H2,1-6H3. The maximum absolute atomic E-state index is 2.68. The molecule has 5 nitrogen and oxygen atoms in total. The Morgan fingerprint density at radius 3 is 1.19 bits per heavy atom. The van der Waals surface area contributed by atoms with Crippen molar-refractivity contribution in [2.75, 3.05) is 78.5 Å². The second-order valence-electron chi connectivity index (χ2n) is 9.07. The molecule has 0 amide bonds. The first-order chi connectivity index (χ1) is 12.4. The molecule has 0 N–H and O–H groups in total. The molecule has 2 aliphatic rings. The molecule has 0 aromatic carbocycles. The first-order valence-electron chi connectivity index (χ1n) is 11.0. The monoisotopic (exact) mass is 367 g/mol. The van der Waals surface area contributed by atoms with E-state index >= 15 is 0 Å². The first-order valence-corrected chi connectivity index (χ1v) is 11.0. The fourth-order valence-electron chi connectivity index (χ4n) is 4.17. The molecule has 0 radical (unpaired) electrons. The van der Waals surface area contributed by atoms with Gasteiger partial charge in [-0.2, -0.15) is 0 Å². The van der Waals surface area contributed by atoms with Gasteiger partial charge in [0.2, 0.25) is 0 Å². The molecule has 2 rings (SSSR count). The van der Waals surface area contributed by atoms with Crippen molar-refractivity contribution in [3.05, 3.63) is 0 Å². The van der Waals surface area contributed by atoms with Gasteiger partial charge in [0.05, 0.1) is 0 Å². The van der Waals surface area contributed by atoms with Crippen LogP contribution in [-0.2, 0) is 0 Å². The van der Waals surface area contributed by atoms with Gasteiger partial charge in [-0.05, 0) is 41.5 Å². The van der Waals surface area contributed by atoms with Crippen LogP contribution >= 0.6 is 0 Å². The molecule has 0 bridgehead atoms. The molecular weight excluding hydrogens is 322 g/mol. The molecule has 154 valence electrons. The maximum Gasteiger partial charge on any atom is 0.0113 e. The van der Waals surface area contributed by atoms with Crippen LogP contribution < -0.4 is 0 Å². The lowest BCUT2D eigenvalue weighted by molar-refractivity contribution is 0.0789. The molecule has 2 heterocycles. The Morgan fingerprint density at radius 1 is 0.577 bits per heavy atom. The number of nitrogens with zero attached hydrogens (tertiary/aromatic N) is 5. The zero-order valence-electron chi connectivity index (χ0n) is 18.5. The first kappa shape index (κ1) is 22.1. The van der Waals surface area contributed by atoms with Crippen LogP contribution in [0.15, 0.2) is 0 Å². The van der Waals surface area contributed by atoms with Gasteiger partial charge < -0.3 is 0 Å². The van der Waals surface area contributed by atoms with Crippen molar-refractivity contribution in [3.8, 4) is 0 Å². The predicted molar refractivity (Wildman–Crippen MR) is 113 cm³/mol. The molecular formula is C21H45N5. The third kappa shape index (κ3) is 7.08. The minimum absolute atomic E-state index is 0.643. The Morgan fingerprint density at radius 2 is 0.923 bits per heavy atom.